The summed E-state index contributed by atoms with van der Waals surface area (Å²) in [4.78, 5) is 8.44. The lowest BCUT2D eigenvalue weighted by Crippen LogP contribution is -2.17. The summed E-state index contributed by atoms with van der Waals surface area (Å²) in [6.45, 7) is 2.86. The van der Waals surface area contributed by atoms with Crippen molar-refractivity contribution in [3.05, 3.63) is 42.1 Å². The van der Waals surface area contributed by atoms with Gasteiger partial charge >= 0.3 is 0 Å². The maximum atomic E-state index is 4.26. The largest absolute Gasteiger partial charge is 0.331 e. The van der Waals surface area contributed by atoms with E-state index in [0.717, 1.165) is 18.0 Å². The zero-order valence-corrected chi connectivity index (χ0v) is 8.44. The Hall–Kier alpha value is -1.58. The SMILES string of the molecule is Bc1ncccc1Cn1ccnc1C. The van der Waals surface area contributed by atoms with E-state index in [9.17, 15) is 0 Å². The summed E-state index contributed by atoms with van der Waals surface area (Å²) >= 11 is 0. The first-order valence-electron chi connectivity index (χ1n) is 4.65. The van der Waals surface area contributed by atoms with Crippen molar-refractivity contribution in [2.75, 3.05) is 0 Å². The number of imidazole rings is 1. The number of aromatic nitrogens is 3. The van der Waals surface area contributed by atoms with Crippen molar-refractivity contribution in [3.63, 3.8) is 0 Å². The van der Waals surface area contributed by atoms with Gasteiger partial charge in [0, 0.05) is 25.1 Å². The molecular weight excluding hydrogens is 173 g/mol. The van der Waals surface area contributed by atoms with Crippen molar-refractivity contribution in [3.8, 4) is 0 Å². The smallest absolute Gasteiger partial charge is 0.164 e. The molecule has 0 amide bonds. The molecule has 4 heteroatoms. The van der Waals surface area contributed by atoms with Crippen LogP contribution in [-0.4, -0.2) is 22.4 Å². The lowest BCUT2D eigenvalue weighted by atomic mass is 9.97. The van der Waals surface area contributed by atoms with E-state index >= 15 is 0 Å². The molecule has 2 heterocycles. The Morgan fingerprint density at radius 3 is 2.86 bits per heavy atom. The van der Waals surface area contributed by atoms with Gasteiger partial charge in [0.2, 0.25) is 0 Å². The average molecular weight is 185 g/mol. The second kappa shape index (κ2) is 3.66. The summed E-state index contributed by atoms with van der Waals surface area (Å²) in [6.07, 6.45) is 5.63. The van der Waals surface area contributed by atoms with Crippen LogP contribution in [0.3, 0.4) is 0 Å². The van der Waals surface area contributed by atoms with Gasteiger partial charge in [-0.25, -0.2) is 4.98 Å². The zero-order valence-electron chi connectivity index (χ0n) is 8.44. The Labute approximate surface area is 84.2 Å². The molecule has 0 unspecified atom stereocenters. The summed E-state index contributed by atoms with van der Waals surface area (Å²) in [5.74, 6) is 1.04. The van der Waals surface area contributed by atoms with Gasteiger partial charge < -0.3 is 4.57 Å². The summed E-state index contributed by atoms with van der Waals surface area (Å²) in [7, 11) is 2.03. The number of nitrogens with zero attached hydrogens (tertiary/aromatic N) is 3. The van der Waals surface area contributed by atoms with E-state index < -0.39 is 0 Å². The first-order valence-corrected chi connectivity index (χ1v) is 4.65. The summed E-state index contributed by atoms with van der Waals surface area (Å²) < 4.78 is 2.12. The van der Waals surface area contributed by atoms with E-state index in [1.54, 1.807) is 0 Å². The van der Waals surface area contributed by atoms with Gasteiger partial charge in [0.1, 0.15) is 5.82 Å². The van der Waals surface area contributed by atoms with Crippen LogP contribution in [0.1, 0.15) is 11.4 Å². The van der Waals surface area contributed by atoms with Gasteiger partial charge in [0.15, 0.2) is 7.85 Å². The van der Waals surface area contributed by atoms with Gasteiger partial charge in [-0.3, -0.25) is 4.98 Å². The molecule has 0 aliphatic rings. The third kappa shape index (κ3) is 1.69. The molecule has 70 valence electrons. The quantitative estimate of drug-likeness (QED) is 0.611. The molecule has 2 rings (SSSR count). The molecule has 2 aromatic rings. The van der Waals surface area contributed by atoms with Crippen LogP contribution in [0.25, 0.3) is 0 Å². The molecule has 0 atom stereocenters. The fourth-order valence-corrected chi connectivity index (χ4v) is 1.44. The van der Waals surface area contributed by atoms with Crippen LogP contribution in [0, 0.1) is 6.92 Å². The number of hydrogen-bond acceptors (Lipinski definition) is 2. The van der Waals surface area contributed by atoms with Gasteiger partial charge in [0.05, 0.1) is 0 Å². The first kappa shape index (κ1) is 9.00. The Bertz CT molecular complexity index is 436. The first-order chi connectivity index (χ1) is 6.77. The van der Waals surface area contributed by atoms with Gasteiger partial charge in [-0.05, 0) is 24.1 Å². The van der Waals surface area contributed by atoms with Crippen LogP contribution in [0.5, 0.6) is 0 Å². The van der Waals surface area contributed by atoms with Gasteiger partial charge in [0.25, 0.3) is 0 Å². The molecule has 0 bridgehead atoms. The Morgan fingerprint density at radius 1 is 1.36 bits per heavy atom. The fraction of sp³-hybridized carbons (Fsp3) is 0.200. The molecule has 14 heavy (non-hydrogen) atoms. The van der Waals surface area contributed by atoms with Gasteiger partial charge in [-0.1, -0.05) is 6.07 Å². The Balaban J connectivity index is 2.28. The maximum absolute atomic E-state index is 4.26. The highest BCUT2D eigenvalue weighted by Crippen LogP contribution is 2.00. The second-order valence-electron chi connectivity index (χ2n) is 3.35. The van der Waals surface area contributed by atoms with Crippen molar-refractivity contribution < 1.29 is 0 Å². The van der Waals surface area contributed by atoms with Crippen molar-refractivity contribution >= 4 is 13.4 Å². The maximum Gasteiger partial charge on any atom is 0.164 e. The normalized spacial score (nSPS) is 10.4. The molecule has 0 fully saturated rings. The number of aryl methyl sites for hydroxylation is 1. The molecule has 0 saturated heterocycles. The van der Waals surface area contributed by atoms with E-state index in [1.165, 1.54) is 5.56 Å². The van der Waals surface area contributed by atoms with Crippen LogP contribution >= 0.6 is 0 Å². The van der Waals surface area contributed by atoms with E-state index in [-0.39, 0.29) is 0 Å². The van der Waals surface area contributed by atoms with Crippen molar-refractivity contribution in [2.45, 2.75) is 13.5 Å². The van der Waals surface area contributed by atoms with E-state index in [4.69, 9.17) is 0 Å². The molecule has 0 radical (unpaired) electrons. The topological polar surface area (TPSA) is 30.7 Å². The molecule has 0 aliphatic carbocycles. The molecule has 0 spiro atoms. The molecule has 0 aliphatic heterocycles. The molecule has 3 nitrogen and oxygen atoms in total. The summed E-state index contributed by atoms with van der Waals surface area (Å²) in [5.41, 5.74) is 2.33. The van der Waals surface area contributed by atoms with Crippen molar-refractivity contribution in [1.29, 1.82) is 0 Å². The Morgan fingerprint density at radius 2 is 2.21 bits per heavy atom. The lowest BCUT2D eigenvalue weighted by Gasteiger charge is -2.07. The standard InChI is InChI=1S/C10H12BN3/c1-8-12-5-6-14(8)7-9-3-2-4-13-10(9)11/h2-6H,7,11H2,1H3. The predicted molar refractivity (Wildman–Crippen MR) is 58.5 cm³/mol. The van der Waals surface area contributed by atoms with Crippen molar-refractivity contribution in [1.82, 2.24) is 14.5 Å². The number of hydrogen-bond donors (Lipinski definition) is 0. The predicted octanol–water partition coefficient (Wildman–Crippen LogP) is -0.107. The minimum Gasteiger partial charge on any atom is -0.331 e. The van der Waals surface area contributed by atoms with E-state index in [0.29, 0.717) is 0 Å². The molecule has 0 N–H and O–H groups in total. The molecular formula is C10H12BN3. The highest BCUT2D eigenvalue weighted by atomic mass is 15.0. The van der Waals surface area contributed by atoms with Crippen LogP contribution in [0.2, 0.25) is 0 Å². The number of rotatable bonds is 2. The van der Waals surface area contributed by atoms with Crippen LogP contribution in [-0.2, 0) is 6.54 Å². The fourth-order valence-electron chi connectivity index (χ4n) is 1.44. The highest BCUT2D eigenvalue weighted by molar-refractivity contribution is 6.31. The summed E-state index contributed by atoms with van der Waals surface area (Å²) in [6, 6.07) is 4.07. The monoisotopic (exact) mass is 185 g/mol. The molecule has 2 aromatic heterocycles. The minimum absolute atomic E-state index is 0.853. The van der Waals surface area contributed by atoms with Gasteiger partial charge in [-0.2, -0.15) is 0 Å². The third-order valence-corrected chi connectivity index (χ3v) is 2.38. The van der Waals surface area contributed by atoms with E-state index in [2.05, 4.69) is 20.6 Å². The Kier molecular flexibility index (Phi) is 2.35. The van der Waals surface area contributed by atoms with Crippen LogP contribution in [0.4, 0.5) is 0 Å². The summed E-state index contributed by atoms with van der Waals surface area (Å²) in [5, 5.41) is 0. The van der Waals surface area contributed by atoms with Crippen LogP contribution in [0.15, 0.2) is 30.7 Å². The lowest BCUT2D eigenvalue weighted by molar-refractivity contribution is 0.763. The van der Waals surface area contributed by atoms with Gasteiger partial charge in [-0.15, -0.1) is 0 Å². The highest BCUT2D eigenvalue weighted by Gasteiger charge is 2.01. The average Bonchev–Trinajstić information content (AvgIpc) is 2.56. The molecule has 0 aromatic carbocycles. The van der Waals surface area contributed by atoms with E-state index in [1.807, 2.05) is 39.4 Å². The van der Waals surface area contributed by atoms with Crippen LogP contribution < -0.4 is 5.59 Å². The number of pyridine rings is 1. The minimum atomic E-state index is 0.853. The zero-order chi connectivity index (χ0) is 9.97. The second-order valence-corrected chi connectivity index (χ2v) is 3.35. The molecule has 0 saturated carbocycles. The van der Waals surface area contributed by atoms with Crippen molar-refractivity contribution in [2.24, 2.45) is 0 Å². The third-order valence-electron chi connectivity index (χ3n) is 2.38.